The van der Waals surface area contributed by atoms with Crippen LogP contribution in [0.4, 0.5) is 11.6 Å². The molecule has 5 rings (SSSR count). The molecule has 0 aliphatic carbocycles. The molecule has 1 N–H and O–H groups in total. The Morgan fingerprint density at radius 2 is 1.84 bits per heavy atom. The number of hydrogen-bond donors (Lipinski definition) is 1. The Hall–Kier alpha value is -4.05. The number of hydrazone groups is 1. The van der Waals surface area contributed by atoms with E-state index in [9.17, 15) is 10.1 Å². The maximum Gasteiger partial charge on any atom is 0.282 e. The number of nitro groups is 1. The zero-order valence-corrected chi connectivity index (χ0v) is 17.9. The van der Waals surface area contributed by atoms with Crippen molar-refractivity contribution < 1.29 is 14.4 Å². The number of ether oxygens (including phenoxy) is 2. The summed E-state index contributed by atoms with van der Waals surface area (Å²) >= 11 is 3.50. The molecule has 0 atom stereocenters. The number of hydrogen-bond acceptors (Lipinski definition) is 8. The molecule has 0 saturated heterocycles. The highest BCUT2D eigenvalue weighted by Crippen LogP contribution is 2.37. The number of nitrogens with one attached hydrogen (secondary N) is 1. The highest BCUT2D eigenvalue weighted by Gasteiger charge is 2.22. The molecule has 1 aromatic heterocycles. The van der Waals surface area contributed by atoms with Gasteiger partial charge in [-0.2, -0.15) is 5.10 Å². The molecular formula is C22H14BrN5O4. The van der Waals surface area contributed by atoms with Crippen LogP contribution in [0.2, 0.25) is 0 Å². The summed E-state index contributed by atoms with van der Waals surface area (Å²) in [7, 11) is 0. The first-order chi connectivity index (χ1) is 15.6. The standard InChI is InChI=1S/C22H14BrN5O4/c23-15-6-7-17-16(9-15)21(13-4-2-1-3-5-13)26-22(25-17)27-24-11-14-8-19-20(32-12-31-19)10-18(14)28(29)30/h1-11H,12H2,(H,25,26,27). The van der Waals surface area contributed by atoms with Gasteiger partial charge in [0.05, 0.1) is 34.0 Å². The molecule has 1 aliphatic heterocycles. The number of anilines is 1. The van der Waals surface area contributed by atoms with Crippen LogP contribution in [0.15, 0.2) is 70.2 Å². The van der Waals surface area contributed by atoms with Crippen molar-refractivity contribution in [1.82, 2.24) is 9.97 Å². The number of benzene rings is 3. The average molecular weight is 492 g/mol. The van der Waals surface area contributed by atoms with Crippen molar-refractivity contribution in [2.24, 2.45) is 5.10 Å². The second-order valence-corrected chi connectivity index (χ2v) is 7.73. The van der Waals surface area contributed by atoms with Gasteiger partial charge in [0.25, 0.3) is 5.69 Å². The topological polar surface area (TPSA) is 112 Å². The molecule has 0 radical (unpaired) electrons. The Bertz CT molecular complexity index is 1380. The Labute approximate surface area is 190 Å². The Morgan fingerprint density at radius 1 is 1.06 bits per heavy atom. The van der Waals surface area contributed by atoms with Gasteiger partial charge in [-0.3, -0.25) is 10.1 Å². The van der Waals surface area contributed by atoms with Gasteiger partial charge in [-0.1, -0.05) is 46.3 Å². The van der Waals surface area contributed by atoms with E-state index in [4.69, 9.17) is 9.47 Å². The van der Waals surface area contributed by atoms with E-state index in [-0.39, 0.29) is 24.0 Å². The maximum absolute atomic E-state index is 11.4. The van der Waals surface area contributed by atoms with E-state index >= 15 is 0 Å². The highest BCUT2D eigenvalue weighted by molar-refractivity contribution is 9.10. The molecule has 1 aliphatic rings. The SMILES string of the molecule is O=[N+]([O-])c1cc2c(cc1C=NNc1nc(-c3ccccc3)c3cc(Br)ccc3n1)OCO2. The first-order valence-electron chi connectivity index (χ1n) is 9.48. The lowest BCUT2D eigenvalue weighted by atomic mass is 10.1. The van der Waals surface area contributed by atoms with E-state index in [2.05, 4.69) is 36.4 Å². The van der Waals surface area contributed by atoms with Crippen LogP contribution in [-0.2, 0) is 0 Å². The third kappa shape index (κ3) is 3.83. The lowest BCUT2D eigenvalue weighted by Gasteiger charge is -2.09. The predicted molar refractivity (Wildman–Crippen MR) is 123 cm³/mol. The van der Waals surface area contributed by atoms with Gasteiger partial charge in [0.15, 0.2) is 11.5 Å². The summed E-state index contributed by atoms with van der Waals surface area (Å²) in [5.41, 5.74) is 5.30. The van der Waals surface area contributed by atoms with Crippen molar-refractivity contribution in [3.63, 3.8) is 0 Å². The van der Waals surface area contributed by atoms with Gasteiger partial charge >= 0.3 is 0 Å². The fourth-order valence-corrected chi connectivity index (χ4v) is 3.70. The van der Waals surface area contributed by atoms with Crippen molar-refractivity contribution in [2.45, 2.75) is 0 Å². The normalized spacial score (nSPS) is 12.4. The van der Waals surface area contributed by atoms with Crippen LogP contribution in [0.5, 0.6) is 11.5 Å². The summed E-state index contributed by atoms with van der Waals surface area (Å²) in [6.07, 6.45) is 1.33. The average Bonchev–Trinajstić information content (AvgIpc) is 3.26. The molecule has 0 saturated carbocycles. The molecule has 4 aromatic rings. The van der Waals surface area contributed by atoms with Crippen LogP contribution < -0.4 is 14.9 Å². The minimum atomic E-state index is -0.499. The van der Waals surface area contributed by atoms with Gasteiger partial charge in [-0.15, -0.1) is 0 Å². The summed E-state index contributed by atoms with van der Waals surface area (Å²) in [6.45, 7) is 0.0225. The van der Waals surface area contributed by atoms with Crippen molar-refractivity contribution in [2.75, 3.05) is 12.2 Å². The van der Waals surface area contributed by atoms with Gasteiger partial charge in [0, 0.05) is 15.4 Å². The fraction of sp³-hybridized carbons (Fsp3) is 0.0455. The lowest BCUT2D eigenvalue weighted by Crippen LogP contribution is -2.01. The van der Waals surface area contributed by atoms with Crippen molar-refractivity contribution in [3.8, 4) is 22.8 Å². The number of nitrogens with zero attached hydrogens (tertiary/aromatic N) is 4. The minimum absolute atomic E-state index is 0.0225. The Morgan fingerprint density at radius 3 is 2.62 bits per heavy atom. The Balaban J connectivity index is 1.51. The Kier molecular flexibility index (Phi) is 5.12. The van der Waals surface area contributed by atoms with Crippen molar-refractivity contribution in [1.29, 1.82) is 0 Å². The van der Waals surface area contributed by atoms with E-state index in [1.165, 1.54) is 18.3 Å². The van der Waals surface area contributed by atoms with E-state index in [1.54, 1.807) is 0 Å². The van der Waals surface area contributed by atoms with Gasteiger partial charge in [0.1, 0.15) is 0 Å². The summed E-state index contributed by atoms with van der Waals surface area (Å²) in [6, 6.07) is 18.3. The maximum atomic E-state index is 11.4. The summed E-state index contributed by atoms with van der Waals surface area (Å²) in [5, 5.41) is 16.4. The van der Waals surface area contributed by atoms with Gasteiger partial charge < -0.3 is 9.47 Å². The molecular weight excluding hydrogens is 478 g/mol. The second-order valence-electron chi connectivity index (χ2n) is 6.81. The molecule has 0 amide bonds. The van der Waals surface area contributed by atoms with Crippen LogP contribution in [0, 0.1) is 10.1 Å². The van der Waals surface area contributed by atoms with Crippen LogP contribution in [0.25, 0.3) is 22.2 Å². The molecule has 2 heterocycles. The fourth-order valence-electron chi connectivity index (χ4n) is 3.33. The number of aromatic nitrogens is 2. The number of rotatable bonds is 5. The number of fused-ring (bicyclic) bond motifs is 2. The zero-order chi connectivity index (χ0) is 22.1. The largest absolute Gasteiger partial charge is 0.454 e. The van der Waals surface area contributed by atoms with Crippen molar-refractivity contribution >= 4 is 44.7 Å². The van der Waals surface area contributed by atoms with Crippen LogP contribution in [-0.4, -0.2) is 27.9 Å². The third-order valence-electron chi connectivity index (χ3n) is 4.79. The van der Waals surface area contributed by atoms with E-state index in [1.807, 2.05) is 48.5 Å². The summed E-state index contributed by atoms with van der Waals surface area (Å²) in [5.74, 6) is 1.02. The van der Waals surface area contributed by atoms with Crippen molar-refractivity contribution in [3.05, 3.63) is 80.8 Å². The summed E-state index contributed by atoms with van der Waals surface area (Å²) < 4.78 is 11.4. The van der Waals surface area contributed by atoms with Crippen LogP contribution >= 0.6 is 15.9 Å². The lowest BCUT2D eigenvalue weighted by molar-refractivity contribution is -0.385. The summed E-state index contributed by atoms with van der Waals surface area (Å²) in [4.78, 5) is 20.1. The number of nitro benzene ring substituents is 1. The second kappa shape index (κ2) is 8.23. The van der Waals surface area contributed by atoms with E-state index in [0.29, 0.717) is 11.5 Å². The van der Waals surface area contributed by atoms with Gasteiger partial charge in [0.2, 0.25) is 12.7 Å². The predicted octanol–water partition coefficient (Wildman–Crippen LogP) is 5.14. The molecule has 9 nitrogen and oxygen atoms in total. The first kappa shape index (κ1) is 19.9. The number of halogens is 1. The molecule has 158 valence electrons. The third-order valence-corrected chi connectivity index (χ3v) is 5.29. The smallest absolute Gasteiger partial charge is 0.282 e. The molecule has 0 unspecified atom stereocenters. The van der Waals surface area contributed by atoms with Gasteiger partial charge in [-0.25, -0.2) is 15.4 Å². The molecule has 3 aromatic carbocycles. The molecule has 0 fully saturated rings. The zero-order valence-electron chi connectivity index (χ0n) is 16.4. The molecule has 10 heteroatoms. The highest BCUT2D eigenvalue weighted by atomic mass is 79.9. The van der Waals surface area contributed by atoms with Crippen LogP contribution in [0.1, 0.15) is 5.56 Å². The van der Waals surface area contributed by atoms with E-state index < -0.39 is 4.92 Å². The quantitative estimate of drug-likeness (QED) is 0.233. The minimum Gasteiger partial charge on any atom is -0.454 e. The van der Waals surface area contributed by atoms with Gasteiger partial charge in [-0.05, 0) is 24.3 Å². The van der Waals surface area contributed by atoms with E-state index in [0.717, 1.165) is 26.6 Å². The van der Waals surface area contributed by atoms with Crippen LogP contribution in [0.3, 0.4) is 0 Å². The monoisotopic (exact) mass is 491 g/mol. The first-order valence-corrected chi connectivity index (χ1v) is 10.3. The molecule has 0 spiro atoms. The molecule has 0 bridgehead atoms. The molecule has 32 heavy (non-hydrogen) atoms.